The first kappa shape index (κ1) is 10.8. The molecule has 0 aromatic heterocycles. The summed E-state index contributed by atoms with van der Waals surface area (Å²) in [5.74, 6) is 0. The predicted molar refractivity (Wildman–Crippen MR) is 72.0 cm³/mol. The van der Waals surface area contributed by atoms with Crippen molar-refractivity contribution in [2.75, 3.05) is 0 Å². The highest BCUT2D eigenvalue weighted by molar-refractivity contribution is 6.09. The number of hydrogen-bond acceptors (Lipinski definition) is 2. The standard InChI is InChI=1S/C16H11NO/c17-10-16(18)15-9-11-5-1-2-6-12(11)13-7-3-4-8-14(13)15/h1-9,16,18H/t16-/m0/s1. The summed E-state index contributed by atoms with van der Waals surface area (Å²) < 4.78 is 0. The van der Waals surface area contributed by atoms with Gasteiger partial charge in [0.25, 0.3) is 0 Å². The topological polar surface area (TPSA) is 44.0 Å². The highest BCUT2D eigenvalue weighted by atomic mass is 16.3. The molecule has 0 spiro atoms. The van der Waals surface area contributed by atoms with Crippen LogP contribution in [0.4, 0.5) is 0 Å². The maximum Gasteiger partial charge on any atom is 0.166 e. The van der Waals surface area contributed by atoms with Gasteiger partial charge < -0.3 is 5.11 Å². The third-order valence-electron chi connectivity index (χ3n) is 3.22. The van der Waals surface area contributed by atoms with Gasteiger partial charge in [-0.2, -0.15) is 5.26 Å². The van der Waals surface area contributed by atoms with Crippen molar-refractivity contribution in [2.24, 2.45) is 0 Å². The number of nitrogens with zero attached hydrogens (tertiary/aromatic N) is 1. The minimum absolute atomic E-state index is 0.673. The van der Waals surface area contributed by atoms with Crippen LogP contribution >= 0.6 is 0 Å². The molecule has 3 aromatic carbocycles. The van der Waals surface area contributed by atoms with Crippen LogP contribution in [0.3, 0.4) is 0 Å². The van der Waals surface area contributed by atoms with Gasteiger partial charge in [-0.05, 0) is 27.6 Å². The Morgan fingerprint density at radius 2 is 1.50 bits per heavy atom. The second kappa shape index (κ2) is 4.14. The Morgan fingerprint density at radius 1 is 0.889 bits per heavy atom. The Morgan fingerprint density at radius 3 is 2.22 bits per heavy atom. The van der Waals surface area contributed by atoms with Crippen LogP contribution in [-0.2, 0) is 0 Å². The second-order valence-corrected chi connectivity index (χ2v) is 4.26. The zero-order chi connectivity index (χ0) is 12.5. The minimum Gasteiger partial charge on any atom is -0.374 e. The lowest BCUT2D eigenvalue weighted by Crippen LogP contribution is -1.95. The normalized spacial score (nSPS) is 12.4. The summed E-state index contributed by atoms with van der Waals surface area (Å²) in [6, 6.07) is 19.6. The number of rotatable bonds is 1. The van der Waals surface area contributed by atoms with Crippen molar-refractivity contribution in [3.8, 4) is 6.07 Å². The molecule has 2 heteroatoms. The maximum atomic E-state index is 9.83. The van der Waals surface area contributed by atoms with E-state index < -0.39 is 6.10 Å². The molecule has 0 aliphatic carbocycles. The highest BCUT2D eigenvalue weighted by Gasteiger charge is 2.12. The van der Waals surface area contributed by atoms with Crippen LogP contribution in [0.2, 0.25) is 0 Å². The third-order valence-corrected chi connectivity index (χ3v) is 3.22. The Hall–Kier alpha value is -2.37. The molecule has 1 N–H and O–H groups in total. The van der Waals surface area contributed by atoms with Gasteiger partial charge in [-0.3, -0.25) is 0 Å². The average Bonchev–Trinajstić information content (AvgIpc) is 2.45. The van der Waals surface area contributed by atoms with E-state index in [9.17, 15) is 5.11 Å². The number of hydrogen-bond donors (Lipinski definition) is 1. The molecule has 2 nitrogen and oxygen atoms in total. The Kier molecular flexibility index (Phi) is 2.47. The van der Waals surface area contributed by atoms with Crippen LogP contribution in [0.15, 0.2) is 54.6 Å². The van der Waals surface area contributed by atoms with E-state index in [0.717, 1.165) is 21.5 Å². The highest BCUT2D eigenvalue weighted by Crippen LogP contribution is 2.31. The van der Waals surface area contributed by atoms with Crippen molar-refractivity contribution in [2.45, 2.75) is 6.10 Å². The molecule has 3 rings (SSSR count). The van der Waals surface area contributed by atoms with Crippen LogP contribution < -0.4 is 0 Å². The van der Waals surface area contributed by atoms with Crippen molar-refractivity contribution in [3.63, 3.8) is 0 Å². The smallest absolute Gasteiger partial charge is 0.166 e. The predicted octanol–water partition coefficient (Wildman–Crippen LogP) is 3.55. The molecule has 1 atom stereocenters. The van der Waals surface area contributed by atoms with E-state index >= 15 is 0 Å². The van der Waals surface area contributed by atoms with Gasteiger partial charge in [-0.25, -0.2) is 0 Å². The fraction of sp³-hybridized carbons (Fsp3) is 0.0625. The van der Waals surface area contributed by atoms with E-state index in [1.54, 1.807) is 0 Å². The lowest BCUT2D eigenvalue weighted by molar-refractivity contribution is 0.237. The molecular formula is C16H11NO. The van der Waals surface area contributed by atoms with Crippen LogP contribution in [0.5, 0.6) is 0 Å². The summed E-state index contributed by atoms with van der Waals surface area (Å²) in [6.45, 7) is 0. The van der Waals surface area contributed by atoms with Gasteiger partial charge >= 0.3 is 0 Å². The molecule has 0 radical (unpaired) electrons. The molecule has 86 valence electrons. The lowest BCUT2D eigenvalue weighted by Gasteiger charge is -2.11. The van der Waals surface area contributed by atoms with Crippen molar-refractivity contribution < 1.29 is 5.11 Å². The van der Waals surface area contributed by atoms with Crippen molar-refractivity contribution in [1.29, 1.82) is 5.26 Å². The number of aliphatic hydroxyl groups is 1. The van der Waals surface area contributed by atoms with E-state index in [-0.39, 0.29) is 0 Å². The zero-order valence-corrected chi connectivity index (χ0v) is 9.67. The minimum atomic E-state index is -1.08. The summed E-state index contributed by atoms with van der Waals surface area (Å²) in [7, 11) is 0. The quantitative estimate of drug-likeness (QED) is 0.516. The van der Waals surface area contributed by atoms with Gasteiger partial charge in [0.15, 0.2) is 6.10 Å². The Bertz CT molecular complexity index is 771. The Labute approximate surface area is 105 Å². The largest absolute Gasteiger partial charge is 0.374 e. The van der Waals surface area contributed by atoms with E-state index in [2.05, 4.69) is 6.07 Å². The first-order valence-electron chi connectivity index (χ1n) is 5.79. The van der Waals surface area contributed by atoms with Crippen molar-refractivity contribution in [3.05, 3.63) is 60.2 Å². The molecule has 3 aromatic rings. The number of aliphatic hydroxyl groups excluding tert-OH is 1. The molecule has 0 aliphatic rings. The number of nitriles is 1. The van der Waals surface area contributed by atoms with E-state index in [4.69, 9.17) is 5.26 Å². The molecular weight excluding hydrogens is 222 g/mol. The maximum absolute atomic E-state index is 9.83. The summed E-state index contributed by atoms with van der Waals surface area (Å²) in [6.07, 6.45) is -1.08. The first-order chi connectivity index (χ1) is 8.81. The third kappa shape index (κ3) is 1.54. The van der Waals surface area contributed by atoms with E-state index in [1.165, 1.54) is 0 Å². The number of fused-ring (bicyclic) bond motifs is 3. The first-order valence-corrected chi connectivity index (χ1v) is 5.79. The summed E-state index contributed by atoms with van der Waals surface area (Å²) in [4.78, 5) is 0. The number of benzene rings is 3. The molecule has 0 heterocycles. The molecule has 0 unspecified atom stereocenters. The summed E-state index contributed by atoms with van der Waals surface area (Å²) in [5.41, 5.74) is 0.673. The van der Waals surface area contributed by atoms with E-state index in [0.29, 0.717) is 5.56 Å². The average molecular weight is 233 g/mol. The van der Waals surface area contributed by atoms with Gasteiger partial charge in [0, 0.05) is 5.56 Å². The fourth-order valence-electron chi connectivity index (χ4n) is 2.38. The monoisotopic (exact) mass is 233 g/mol. The fourth-order valence-corrected chi connectivity index (χ4v) is 2.38. The van der Waals surface area contributed by atoms with Crippen LogP contribution in [-0.4, -0.2) is 5.11 Å². The molecule has 0 fully saturated rings. The summed E-state index contributed by atoms with van der Waals surface area (Å²) in [5, 5.41) is 22.9. The molecule has 0 bridgehead atoms. The molecule has 0 saturated carbocycles. The van der Waals surface area contributed by atoms with E-state index in [1.807, 2.05) is 54.6 Å². The second-order valence-electron chi connectivity index (χ2n) is 4.26. The van der Waals surface area contributed by atoms with Crippen LogP contribution in [0, 0.1) is 11.3 Å². The van der Waals surface area contributed by atoms with Crippen LogP contribution in [0.1, 0.15) is 11.7 Å². The Balaban J connectivity index is 2.51. The molecule has 18 heavy (non-hydrogen) atoms. The van der Waals surface area contributed by atoms with Gasteiger partial charge in [0.1, 0.15) is 0 Å². The molecule has 0 saturated heterocycles. The van der Waals surface area contributed by atoms with Crippen molar-refractivity contribution in [1.82, 2.24) is 0 Å². The molecule has 0 amide bonds. The van der Waals surface area contributed by atoms with Gasteiger partial charge in [-0.15, -0.1) is 0 Å². The van der Waals surface area contributed by atoms with Gasteiger partial charge in [0.2, 0.25) is 0 Å². The van der Waals surface area contributed by atoms with Crippen LogP contribution in [0.25, 0.3) is 21.5 Å². The lowest BCUT2D eigenvalue weighted by atomic mass is 9.95. The van der Waals surface area contributed by atoms with Crippen molar-refractivity contribution >= 4 is 21.5 Å². The SMILES string of the molecule is N#C[C@H](O)c1cc2ccccc2c2ccccc12. The molecule has 0 aliphatic heterocycles. The summed E-state index contributed by atoms with van der Waals surface area (Å²) >= 11 is 0. The van der Waals surface area contributed by atoms with Gasteiger partial charge in [-0.1, -0.05) is 48.5 Å². The zero-order valence-electron chi connectivity index (χ0n) is 9.67. The van der Waals surface area contributed by atoms with Gasteiger partial charge in [0.05, 0.1) is 6.07 Å².